The summed E-state index contributed by atoms with van der Waals surface area (Å²) in [4.78, 5) is 0. The highest BCUT2D eigenvalue weighted by Gasteiger charge is 2.27. The highest BCUT2D eigenvalue weighted by Crippen LogP contribution is 2.28. The molecule has 0 aromatic heterocycles. The molecule has 106 valence electrons. The lowest BCUT2D eigenvalue weighted by molar-refractivity contribution is 0.486. The molecule has 0 radical (unpaired) electrons. The van der Waals surface area contributed by atoms with Gasteiger partial charge >= 0.3 is 0 Å². The predicted molar refractivity (Wildman–Crippen MR) is 78.3 cm³/mol. The second-order valence-electron chi connectivity index (χ2n) is 4.99. The molecule has 0 amide bonds. The summed E-state index contributed by atoms with van der Waals surface area (Å²) in [6, 6.07) is 2.80. The van der Waals surface area contributed by atoms with Crippen LogP contribution in [0.1, 0.15) is 37.7 Å². The fourth-order valence-corrected chi connectivity index (χ4v) is 4.47. The van der Waals surface area contributed by atoms with Crippen LogP contribution >= 0.6 is 15.9 Å². The number of rotatable bonds is 3. The van der Waals surface area contributed by atoms with Gasteiger partial charge in [-0.15, -0.1) is 0 Å². The third-order valence-corrected chi connectivity index (χ3v) is 5.97. The molecule has 3 nitrogen and oxygen atoms in total. The number of hydrogen-bond donors (Lipinski definition) is 1. The molecule has 1 aliphatic carbocycles. The Labute approximate surface area is 121 Å². The van der Waals surface area contributed by atoms with Crippen LogP contribution in [0.15, 0.2) is 16.6 Å². The van der Waals surface area contributed by atoms with Crippen LogP contribution in [0.2, 0.25) is 0 Å². The maximum Gasteiger partial charge on any atom is 0.235 e. The molecule has 0 atom stereocenters. The largest absolute Gasteiger partial charge is 0.283 e. The maximum atomic E-state index is 13.5. The standard InChI is InChI=1S/C13H17BrFNO2S/c1-9-7-11(14)12(15)8-13(9)16-19(17,18)10-5-3-2-4-6-10/h7-8,10,16H,2-6H2,1H3. The molecule has 2 rings (SSSR count). The Morgan fingerprint density at radius 1 is 1.26 bits per heavy atom. The van der Waals surface area contributed by atoms with Crippen molar-refractivity contribution in [3.8, 4) is 0 Å². The predicted octanol–water partition coefficient (Wildman–Crippen LogP) is 3.97. The lowest BCUT2D eigenvalue weighted by Crippen LogP contribution is -2.30. The Morgan fingerprint density at radius 3 is 2.53 bits per heavy atom. The van der Waals surface area contributed by atoms with Gasteiger partial charge in [-0.25, -0.2) is 12.8 Å². The van der Waals surface area contributed by atoms with Crippen molar-refractivity contribution >= 4 is 31.6 Å². The molecular weight excluding hydrogens is 333 g/mol. The number of aryl methyl sites for hydroxylation is 1. The SMILES string of the molecule is Cc1cc(Br)c(F)cc1NS(=O)(=O)C1CCCCC1. The third kappa shape index (κ3) is 3.48. The molecule has 0 heterocycles. The smallest absolute Gasteiger partial charge is 0.235 e. The van der Waals surface area contributed by atoms with Gasteiger partial charge in [-0.1, -0.05) is 19.3 Å². The van der Waals surface area contributed by atoms with Crippen molar-refractivity contribution in [2.45, 2.75) is 44.3 Å². The second kappa shape index (κ2) is 5.79. The van der Waals surface area contributed by atoms with E-state index >= 15 is 0 Å². The van der Waals surface area contributed by atoms with E-state index < -0.39 is 15.8 Å². The quantitative estimate of drug-likeness (QED) is 0.897. The third-order valence-electron chi connectivity index (χ3n) is 3.51. The first-order valence-electron chi connectivity index (χ1n) is 6.37. The summed E-state index contributed by atoms with van der Waals surface area (Å²) < 4.78 is 40.9. The number of halogens is 2. The first kappa shape index (κ1) is 14.8. The van der Waals surface area contributed by atoms with Crippen molar-refractivity contribution in [3.63, 3.8) is 0 Å². The molecule has 0 unspecified atom stereocenters. The molecule has 0 aliphatic heterocycles. The van der Waals surface area contributed by atoms with E-state index in [0.29, 0.717) is 28.6 Å². The van der Waals surface area contributed by atoms with Crippen LogP contribution in [0.4, 0.5) is 10.1 Å². The minimum absolute atomic E-state index is 0.325. The number of hydrogen-bond acceptors (Lipinski definition) is 2. The van der Waals surface area contributed by atoms with Gasteiger partial charge < -0.3 is 0 Å². The summed E-state index contributed by atoms with van der Waals surface area (Å²) in [5.41, 5.74) is 1.03. The number of anilines is 1. The van der Waals surface area contributed by atoms with E-state index in [9.17, 15) is 12.8 Å². The molecule has 0 saturated heterocycles. The highest BCUT2D eigenvalue weighted by atomic mass is 79.9. The molecule has 1 aromatic rings. The van der Waals surface area contributed by atoms with Crippen LogP contribution in [-0.4, -0.2) is 13.7 Å². The summed E-state index contributed by atoms with van der Waals surface area (Å²) >= 11 is 3.08. The zero-order valence-electron chi connectivity index (χ0n) is 10.7. The summed E-state index contributed by atoms with van der Waals surface area (Å²) in [5, 5.41) is -0.354. The van der Waals surface area contributed by atoms with E-state index in [-0.39, 0.29) is 5.25 Å². The summed E-state index contributed by atoms with van der Waals surface area (Å²) in [6.45, 7) is 1.75. The summed E-state index contributed by atoms with van der Waals surface area (Å²) in [6.07, 6.45) is 4.36. The summed E-state index contributed by atoms with van der Waals surface area (Å²) in [5.74, 6) is -0.466. The van der Waals surface area contributed by atoms with E-state index in [1.807, 2.05) is 0 Å². The van der Waals surface area contributed by atoms with E-state index in [2.05, 4.69) is 20.7 Å². The van der Waals surface area contributed by atoms with Crippen molar-refractivity contribution in [2.24, 2.45) is 0 Å². The zero-order valence-corrected chi connectivity index (χ0v) is 13.2. The van der Waals surface area contributed by atoms with Crippen LogP contribution < -0.4 is 4.72 Å². The Kier molecular flexibility index (Phi) is 4.50. The van der Waals surface area contributed by atoms with Crippen molar-refractivity contribution in [3.05, 3.63) is 28.0 Å². The van der Waals surface area contributed by atoms with Gasteiger partial charge in [-0.2, -0.15) is 0 Å². The molecule has 0 spiro atoms. The average molecular weight is 350 g/mol. The normalized spacial score (nSPS) is 17.4. The van der Waals surface area contributed by atoms with Gasteiger partial charge in [-0.3, -0.25) is 4.72 Å². The average Bonchev–Trinajstić information content (AvgIpc) is 2.37. The van der Waals surface area contributed by atoms with Crippen LogP contribution in [-0.2, 0) is 10.0 Å². The van der Waals surface area contributed by atoms with Gasteiger partial charge in [0.25, 0.3) is 0 Å². The molecule has 1 aromatic carbocycles. The van der Waals surface area contributed by atoms with Gasteiger partial charge in [0.2, 0.25) is 10.0 Å². The van der Waals surface area contributed by atoms with E-state index in [0.717, 1.165) is 19.3 Å². The molecule has 0 bridgehead atoms. The Hall–Kier alpha value is -0.620. The minimum Gasteiger partial charge on any atom is -0.283 e. The van der Waals surface area contributed by atoms with Crippen LogP contribution in [0.25, 0.3) is 0 Å². The van der Waals surface area contributed by atoms with Crippen molar-refractivity contribution in [1.82, 2.24) is 0 Å². The first-order chi connectivity index (χ1) is 8.90. The molecule has 19 heavy (non-hydrogen) atoms. The van der Waals surface area contributed by atoms with Crippen molar-refractivity contribution < 1.29 is 12.8 Å². The number of sulfonamides is 1. The zero-order chi connectivity index (χ0) is 14.0. The van der Waals surface area contributed by atoms with E-state index in [1.165, 1.54) is 6.07 Å². The van der Waals surface area contributed by atoms with Gasteiger partial charge in [-0.05, 0) is 53.4 Å². The van der Waals surface area contributed by atoms with Crippen LogP contribution in [0.3, 0.4) is 0 Å². The molecule has 6 heteroatoms. The molecule has 1 aliphatic rings. The van der Waals surface area contributed by atoms with Gasteiger partial charge in [0.05, 0.1) is 15.4 Å². The Morgan fingerprint density at radius 2 is 1.89 bits per heavy atom. The van der Waals surface area contributed by atoms with Crippen molar-refractivity contribution in [1.29, 1.82) is 0 Å². The van der Waals surface area contributed by atoms with Gasteiger partial charge in [0, 0.05) is 0 Å². The fourth-order valence-electron chi connectivity index (χ4n) is 2.37. The molecule has 1 fully saturated rings. The first-order valence-corrected chi connectivity index (χ1v) is 8.71. The summed E-state index contributed by atoms with van der Waals surface area (Å²) in [7, 11) is -3.42. The fraction of sp³-hybridized carbons (Fsp3) is 0.538. The maximum absolute atomic E-state index is 13.5. The number of benzene rings is 1. The van der Waals surface area contributed by atoms with Crippen LogP contribution in [0.5, 0.6) is 0 Å². The Balaban J connectivity index is 2.22. The monoisotopic (exact) mass is 349 g/mol. The van der Waals surface area contributed by atoms with E-state index in [4.69, 9.17) is 0 Å². The van der Waals surface area contributed by atoms with Crippen molar-refractivity contribution in [2.75, 3.05) is 4.72 Å². The molecule has 1 N–H and O–H groups in total. The molecular formula is C13H17BrFNO2S. The number of nitrogens with one attached hydrogen (secondary N) is 1. The van der Waals surface area contributed by atoms with Gasteiger partial charge in [0.15, 0.2) is 0 Å². The molecule has 1 saturated carbocycles. The highest BCUT2D eigenvalue weighted by molar-refractivity contribution is 9.10. The lowest BCUT2D eigenvalue weighted by atomic mass is 10.0. The van der Waals surface area contributed by atoms with Crippen LogP contribution in [0, 0.1) is 12.7 Å². The van der Waals surface area contributed by atoms with Gasteiger partial charge in [0.1, 0.15) is 5.82 Å². The topological polar surface area (TPSA) is 46.2 Å². The minimum atomic E-state index is -3.42. The Bertz CT molecular complexity index is 568. The second-order valence-corrected chi connectivity index (χ2v) is 7.80. The van der Waals surface area contributed by atoms with E-state index in [1.54, 1.807) is 13.0 Å². The lowest BCUT2D eigenvalue weighted by Gasteiger charge is -2.23.